The van der Waals surface area contributed by atoms with E-state index in [9.17, 15) is 4.79 Å². The van der Waals surface area contributed by atoms with Crippen LogP contribution >= 0.6 is 0 Å². The maximum Gasteiger partial charge on any atom is 0.272 e. The Hall–Kier alpha value is -2.14. The molecule has 1 aliphatic heterocycles. The molecular weight excluding hydrogens is 312 g/mol. The van der Waals surface area contributed by atoms with Crippen LogP contribution in [0.25, 0.3) is 5.69 Å². The van der Waals surface area contributed by atoms with E-state index in [1.54, 1.807) is 0 Å². The second-order valence-corrected chi connectivity index (χ2v) is 7.42. The number of piperidine rings is 1. The van der Waals surface area contributed by atoms with Crippen molar-refractivity contribution in [3.63, 3.8) is 0 Å². The lowest BCUT2D eigenvalue weighted by Gasteiger charge is -2.30. The molecule has 5 nitrogen and oxygen atoms in total. The number of fused-ring (bicyclic) bond motifs is 1. The zero-order valence-electron chi connectivity index (χ0n) is 15.0. The number of rotatable bonds is 3. The van der Waals surface area contributed by atoms with Crippen molar-refractivity contribution in [2.24, 2.45) is 5.92 Å². The monoisotopic (exact) mass is 338 g/mol. The molecule has 5 heteroatoms. The lowest BCUT2D eigenvalue weighted by molar-refractivity contribution is 0.0909. The molecule has 1 aromatic heterocycles. The zero-order chi connectivity index (χ0) is 17.4. The van der Waals surface area contributed by atoms with Crippen LogP contribution in [0.15, 0.2) is 24.3 Å². The Balaban J connectivity index is 1.63. The predicted octanol–water partition coefficient (Wildman–Crippen LogP) is 2.40. The van der Waals surface area contributed by atoms with Crippen LogP contribution in [0.2, 0.25) is 0 Å². The zero-order valence-corrected chi connectivity index (χ0v) is 15.0. The molecule has 1 aromatic carbocycles. The van der Waals surface area contributed by atoms with Gasteiger partial charge in [0, 0.05) is 23.8 Å². The van der Waals surface area contributed by atoms with E-state index >= 15 is 0 Å². The minimum Gasteiger partial charge on any atom is -0.346 e. The fourth-order valence-corrected chi connectivity index (χ4v) is 3.94. The molecule has 2 aliphatic rings. The van der Waals surface area contributed by atoms with Gasteiger partial charge in [-0.3, -0.25) is 4.79 Å². The topological polar surface area (TPSA) is 59.0 Å². The van der Waals surface area contributed by atoms with E-state index < -0.39 is 0 Å². The number of aryl methyl sites for hydroxylation is 1. The molecule has 2 unspecified atom stereocenters. The first-order valence-electron chi connectivity index (χ1n) is 9.33. The van der Waals surface area contributed by atoms with Gasteiger partial charge in [-0.15, -0.1) is 0 Å². The lowest BCUT2D eigenvalue weighted by atomic mass is 9.94. The smallest absolute Gasteiger partial charge is 0.272 e. The first kappa shape index (κ1) is 16.3. The summed E-state index contributed by atoms with van der Waals surface area (Å²) in [4.78, 5) is 12.9. The number of hydrogen-bond donors (Lipinski definition) is 2. The molecule has 0 radical (unpaired) electrons. The standard InChI is InChI=1S/C20H26N4O/c1-13-6-8-15(9-7-13)24-18-5-3-4-16(18)19(23-24)20(25)22-17-12-21-11-10-14(17)2/h6-9,14,17,21H,3-5,10-12H2,1-2H3,(H,22,25). The van der Waals surface area contributed by atoms with Gasteiger partial charge in [0.15, 0.2) is 5.69 Å². The third-order valence-corrected chi connectivity index (χ3v) is 5.57. The summed E-state index contributed by atoms with van der Waals surface area (Å²) < 4.78 is 1.97. The fourth-order valence-electron chi connectivity index (χ4n) is 3.94. The second kappa shape index (κ2) is 6.64. The van der Waals surface area contributed by atoms with Gasteiger partial charge in [0.25, 0.3) is 5.91 Å². The number of hydrogen-bond acceptors (Lipinski definition) is 3. The molecule has 1 amide bonds. The molecule has 2 N–H and O–H groups in total. The minimum atomic E-state index is -0.0236. The van der Waals surface area contributed by atoms with E-state index in [1.165, 1.54) is 11.3 Å². The number of carbonyl (C=O) groups excluding carboxylic acids is 1. The molecule has 2 aromatic rings. The molecule has 2 atom stereocenters. The molecule has 25 heavy (non-hydrogen) atoms. The maximum absolute atomic E-state index is 12.9. The minimum absolute atomic E-state index is 0.0236. The normalized spacial score (nSPS) is 22.6. The van der Waals surface area contributed by atoms with Gasteiger partial charge in [-0.05, 0) is 57.2 Å². The van der Waals surface area contributed by atoms with Crippen LogP contribution < -0.4 is 10.6 Å². The summed E-state index contributed by atoms with van der Waals surface area (Å²) in [6.07, 6.45) is 4.13. The summed E-state index contributed by atoms with van der Waals surface area (Å²) >= 11 is 0. The third-order valence-electron chi connectivity index (χ3n) is 5.57. The van der Waals surface area contributed by atoms with Crippen molar-refractivity contribution < 1.29 is 4.79 Å². The average molecular weight is 338 g/mol. The molecule has 132 valence electrons. The summed E-state index contributed by atoms with van der Waals surface area (Å²) in [5, 5.41) is 11.3. The SMILES string of the molecule is Cc1ccc(-n2nc(C(=O)NC3CNCCC3C)c3c2CCC3)cc1. The molecule has 0 saturated carbocycles. The quantitative estimate of drug-likeness (QED) is 0.903. The molecule has 0 bridgehead atoms. The van der Waals surface area contributed by atoms with E-state index in [0.29, 0.717) is 11.6 Å². The number of nitrogens with one attached hydrogen (secondary N) is 2. The molecule has 1 fully saturated rings. The van der Waals surface area contributed by atoms with Crippen LogP contribution in [0.3, 0.4) is 0 Å². The van der Waals surface area contributed by atoms with Crippen molar-refractivity contribution >= 4 is 5.91 Å². The molecule has 1 aliphatic carbocycles. The highest BCUT2D eigenvalue weighted by Gasteiger charge is 2.29. The number of carbonyl (C=O) groups is 1. The Morgan fingerprint density at radius 3 is 2.84 bits per heavy atom. The van der Waals surface area contributed by atoms with Crippen LogP contribution in [0.5, 0.6) is 0 Å². The Labute approximate surface area is 148 Å². The number of aromatic nitrogens is 2. The van der Waals surface area contributed by atoms with Crippen LogP contribution in [0.1, 0.15) is 47.1 Å². The Morgan fingerprint density at radius 2 is 2.08 bits per heavy atom. The number of nitrogens with zero attached hydrogens (tertiary/aromatic N) is 2. The van der Waals surface area contributed by atoms with Crippen molar-refractivity contribution in [2.75, 3.05) is 13.1 Å². The van der Waals surface area contributed by atoms with Crippen LogP contribution in [0, 0.1) is 12.8 Å². The summed E-state index contributed by atoms with van der Waals surface area (Å²) in [5.41, 5.74) is 5.21. The fraction of sp³-hybridized carbons (Fsp3) is 0.500. The summed E-state index contributed by atoms with van der Waals surface area (Å²) in [7, 11) is 0. The molecule has 0 spiro atoms. The van der Waals surface area contributed by atoms with Gasteiger partial charge < -0.3 is 10.6 Å². The molecular formula is C20H26N4O. The highest BCUT2D eigenvalue weighted by Crippen LogP contribution is 2.28. The van der Waals surface area contributed by atoms with E-state index in [1.807, 2.05) is 4.68 Å². The maximum atomic E-state index is 12.9. The highest BCUT2D eigenvalue weighted by atomic mass is 16.2. The average Bonchev–Trinajstić information content (AvgIpc) is 3.20. The predicted molar refractivity (Wildman–Crippen MR) is 98.2 cm³/mol. The van der Waals surface area contributed by atoms with E-state index in [4.69, 9.17) is 5.10 Å². The van der Waals surface area contributed by atoms with Gasteiger partial charge in [-0.2, -0.15) is 5.10 Å². The van der Waals surface area contributed by atoms with E-state index in [0.717, 1.165) is 50.0 Å². The number of benzene rings is 1. The Bertz CT molecular complexity index is 778. The van der Waals surface area contributed by atoms with E-state index in [2.05, 4.69) is 48.7 Å². The van der Waals surface area contributed by atoms with Crippen molar-refractivity contribution in [3.05, 3.63) is 46.8 Å². The van der Waals surface area contributed by atoms with Crippen LogP contribution in [-0.2, 0) is 12.8 Å². The first-order valence-corrected chi connectivity index (χ1v) is 9.33. The van der Waals surface area contributed by atoms with Gasteiger partial charge >= 0.3 is 0 Å². The molecule has 4 rings (SSSR count). The van der Waals surface area contributed by atoms with Gasteiger partial charge in [-0.25, -0.2) is 4.68 Å². The Kier molecular flexibility index (Phi) is 4.34. The first-order chi connectivity index (χ1) is 12.1. The lowest BCUT2D eigenvalue weighted by Crippen LogP contribution is -2.50. The third kappa shape index (κ3) is 3.09. The summed E-state index contributed by atoms with van der Waals surface area (Å²) in [6, 6.07) is 8.52. The Morgan fingerprint density at radius 1 is 1.28 bits per heavy atom. The van der Waals surface area contributed by atoms with Gasteiger partial charge in [0.05, 0.1) is 5.69 Å². The van der Waals surface area contributed by atoms with Crippen molar-refractivity contribution in [1.82, 2.24) is 20.4 Å². The molecule has 2 heterocycles. The highest BCUT2D eigenvalue weighted by molar-refractivity contribution is 5.94. The van der Waals surface area contributed by atoms with Gasteiger partial charge in [0.2, 0.25) is 0 Å². The number of amides is 1. The summed E-state index contributed by atoms with van der Waals surface area (Å²) in [6.45, 7) is 6.16. The van der Waals surface area contributed by atoms with Gasteiger partial charge in [-0.1, -0.05) is 24.6 Å². The van der Waals surface area contributed by atoms with Crippen LogP contribution in [-0.4, -0.2) is 34.8 Å². The largest absolute Gasteiger partial charge is 0.346 e. The molecule has 1 saturated heterocycles. The van der Waals surface area contributed by atoms with Crippen LogP contribution in [0.4, 0.5) is 0 Å². The van der Waals surface area contributed by atoms with Crippen molar-refractivity contribution in [1.29, 1.82) is 0 Å². The second-order valence-electron chi connectivity index (χ2n) is 7.42. The van der Waals surface area contributed by atoms with E-state index in [-0.39, 0.29) is 11.9 Å². The van der Waals surface area contributed by atoms with Crippen molar-refractivity contribution in [3.8, 4) is 5.69 Å². The van der Waals surface area contributed by atoms with Gasteiger partial charge in [0.1, 0.15) is 0 Å². The summed E-state index contributed by atoms with van der Waals surface area (Å²) in [5.74, 6) is 0.474. The van der Waals surface area contributed by atoms with Crippen molar-refractivity contribution in [2.45, 2.75) is 45.6 Å².